The Morgan fingerprint density at radius 3 is 2.51 bits per heavy atom. The molecular formula is C29H41FN2O5. The van der Waals surface area contributed by atoms with Crippen LogP contribution in [0.1, 0.15) is 77.7 Å². The molecule has 3 fully saturated rings. The molecule has 1 aliphatic heterocycles. The lowest BCUT2D eigenvalue weighted by Crippen LogP contribution is -2.48. The van der Waals surface area contributed by atoms with Gasteiger partial charge in [0.15, 0.2) is 0 Å². The van der Waals surface area contributed by atoms with Gasteiger partial charge >= 0.3 is 6.09 Å². The van der Waals surface area contributed by atoms with Crippen LogP contribution in [0.2, 0.25) is 0 Å². The van der Waals surface area contributed by atoms with E-state index in [0.29, 0.717) is 17.7 Å². The number of hydrogen-bond donors (Lipinski definition) is 2. The van der Waals surface area contributed by atoms with Crippen LogP contribution in [0, 0.1) is 5.41 Å². The maximum absolute atomic E-state index is 13.4. The highest BCUT2D eigenvalue weighted by molar-refractivity contribution is 5.84. The van der Waals surface area contributed by atoms with Crippen LogP contribution in [0.25, 0.3) is 0 Å². The van der Waals surface area contributed by atoms with E-state index in [0.717, 1.165) is 64.6 Å². The Kier molecular flexibility index (Phi) is 8.46. The number of amides is 2. The molecule has 0 spiro atoms. The number of rotatable bonds is 8. The summed E-state index contributed by atoms with van der Waals surface area (Å²) in [6, 6.07) is 8.23. The Bertz CT molecular complexity index is 983. The second kappa shape index (κ2) is 11.4. The van der Waals surface area contributed by atoms with E-state index < -0.39 is 11.7 Å². The maximum atomic E-state index is 13.4. The molecule has 2 atom stereocenters. The van der Waals surface area contributed by atoms with Crippen molar-refractivity contribution >= 4 is 12.0 Å². The van der Waals surface area contributed by atoms with Crippen molar-refractivity contribution in [3.63, 3.8) is 0 Å². The third-order valence-corrected chi connectivity index (χ3v) is 8.01. The number of alkyl carbamates (subject to hydrolysis) is 1. The quantitative estimate of drug-likeness (QED) is 0.488. The highest BCUT2D eigenvalue weighted by Crippen LogP contribution is 2.59. The second-order valence-electron chi connectivity index (χ2n) is 11.9. The molecule has 0 aromatic heterocycles. The van der Waals surface area contributed by atoms with Crippen molar-refractivity contribution in [2.45, 2.75) is 89.2 Å². The van der Waals surface area contributed by atoms with Gasteiger partial charge in [0.1, 0.15) is 18.0 Å². The summed E-state index contributed by atoms with van der Waals surface area (Å²) in [7, 11) is 0. The summed E-state index contributed by atoms with van der Waals surface area (Å²) in [4.78, 5) is 25.2. The molecule has 2 saturated carbocycles. The monoisotopic (exact) mass is 516 g/mol. The molecule has 2 N–H and O–H groups in total. The molecule has 0 radical (unpaired) electrons. The van der Waals surface area contributed by atoms with E-state index in [9.17, 15) is 14.0 Å². The number of ether oxygens (including phenoxy) is 3. The molecule has 204 valence electrons. The fraction of sp³-hybridized carbons (Fsp3) is 0.655. The summed E-state index contributed by atoms with van der Waals surface area (Å²) >= 11 is 0. The summed E-state index contributed by atoms with van der Waals surface area (Å²) in [6.45, 7) is 6.78. The minimum absolute atomic E-state index is 0.00460. The molecule has 8 heteroatoms. The number of benzene rings is 1. The van der Waals surface area contributed by atoms with Gasteiger partial charge < -0.3 is 24.8 Å². The van der Waals surface area contributed by atoms with Crippen LogP contribution in [-0.4, -0.2) is 50.0 Å². The normalized spacial score (nSPS) is 26.4. The van der Waals surface area contributed by atoms with Crippen LogP contribution in [0.5, 0.6) is 5.75 Å². The van der Waals surface area contributed by atoms with Crippen molar-refractivity contribution in [2.75, 3.05) is 26.4 Å². The largest absolute Gasteiger partial charge is 0.489 e. The SMILES string of the molecule is CC(C)(C)OC(=O)NC/C(=C\F)COc1ccc(C23CCCC(C(=O)NC4CCOCC4)(CC2)C3)cc1. The average Bonchev–Trinajstić information content (AvgIpc) is 3.15. The standard InChI is InChI=1S/C29H41FN2O5/c1-27(2,3)37-26(34)31-18-21(17-30)19-36-24-7-5-22(6-8-24)28-11-4-12-29(20-28,14-13-28)25(33)32-23-9-15-35-16-10-23/h5-8,17,23H,4,9-16,18-20H2,1-3H3,(H,31,34)(H,32,33)/b21-17+. The van der Waals surface area contributed by atoms with Crippen LogP contribution < -0.4 is 15.4 Å². The molecule has 2 bridgehead atoms. The fourth-order valence-corrected chi connectivity index (χ4v) is 6.08. The van der Waals surface area contributed by atoms with Crippen LogP contribution in [-0.2, 0) is 19.7 Å². The van der Waals surface area contributed by atoms with E-state index in [4.69, 9.17) is 14.2 Å². The van der Waals surface area contributed by atoms with Gasteiger partial charge in [0.25, 0.3) is 0 Å². The first-order valence-electron chi connectivity index (χ1n) is 13.5. The summed E-state index contributed by atoms with van der Waals surface area (Å²) in [5, 5.41) is 5.88. The number of carbonyl (C=O) groups is 2. The molecule has 1 heterocycles. The van der Waals surface area contributed by atoms with Gasteiger partial charge in [0, 0.05) is 31.4 Å². The van der Waals surface area contributed by atoms with Crippen molar-refractivity contribution in [3.05, 3.63) is 41.7 Å². The van der Waals surface area contributed by atoms with Gasteiger partial charge in [0.2, 0.25) is 5.91 Å². The molecule has 1 saturated heterocycles. The number of halogens is 1. The highest BCUT2D eigenvalue weighted by Gasteiger charge is 2.55. The predicted molar refractivity (Wildman–Crippen MR) is 139 cm³/mol. The van der Waals surface area contributed by atoms with Gasteiger partial charge in [0.05, 0.1) is 11.7 Å². The minimum Gasteiger partial charge on any atom is -0.489 e. The third-order valence-electron chi connectivity index (χ3n) is 8.01. The van der Waals surface area contributed by atoms with Crippen molar-refractivity contribution in [1.82, 2.24) is 10.6 Å². The summed E-state index contributed by atoms with van der Waals surface area (Å²) in [6.07, 6.45) is 7.57. The number of nitrogens with one attached hydrogen (secondary N) is 2. The second-order valence-corrected chi connectivity index (χ2v) is 11.9. The Hall–Kier alpha value is -2.61. The highest BCUT2D eigenvalue weighted by atomic mass is 19.1. The smallest absolute Gasteiger partial charge is 0.407 e. The van der Waals surface area contributed by atoms with E-state index in [2.05, 4.69) is 22.8 Å². The Morgan fingerprint density at radius 1 is 1.11 bits per heavy atom. The van der Waals surface area contributed by atoms with Gasteiger partial charge in [-0.3, -0.25) is 4.79 Å². The molecular weight excluding hydrogens is 475 g/mol. The predicted octanol–water partition coefficient (Wildman–Crippen LogP) is 5.33. The molecule has 2 aliphatic carbocycles. The van der Waals surface area contributed by atoms with Gasteiger partial charge in [-0.15, -0.1) is 0 Å². The zero-order valence-electron chi connectivity index (χ0n) is 22.4. The zero-order chi connectivity index (χ0) is 26.5. The van der Waals surface area contributed by atoms with Crippen molar-refractivity contribution < 1.29 is 28.2 Å². The van der Waals surface area contributed by atoms with E-state index in [1.807, 2.05) is 12.1 Å². The van der Waals surface area contributed by atoms with Crippen LogP contribution in [0.15, 0.2) is 36.2 Å². The van der Waals surface area contributed by atoms with Gasteiger partial charge in [-0.2, -0.15) is 0 Å². The summed E-state index contributed by atoms with van der Waals surface area (Å²) in [5.41, 5.74) is 0.677. The third kappa shape index (κ3) is 6.83. The van der Waals surface area contributed by atoms with Gasteiger partial charge in [-0.1, -0.05) is 18.6 Å². The van der Waals surface area contributed by atoms with Crippen LogP contribution >= 0.6 is 0 Å². The average molecular weight is 517 g/mol. The summed E-state index contributed by atoms with van der Waals surface area (Å²) < 4.78 is 29.7. The lowest BCUT2D eigenvalue weighted by Gasteiger charge is -2.40. The first kappa shape index (κ1) is 27.4. The Labute approximate surface area is 219 Å². The Morgan fingerprint density at radius 2 is 1.84 bits per heavy atom. The lowest BCUT2D eigenvalue weighted by molar-refractivity contribution is -0.133. The molecule has 1 aromatic rings. The van der Waals surface area contributed by atoms with E-state index >= 15 is 0 Å². The van der Waals surface area contributed by atoms with E-state index in [1.165, 1.54) is 5.56 Å². The minimum atomic E-state index is -0.618. The first-order valence-corrected chi connectivity index (χ1v) is 13.5. The molecule has 2 unspecified atom stereocenters. The Balaban J connectivity index is 1.31. The zero-order valence-corrected chi connectivity index (χ0v) is 22.4. The number of carbonyl (C=O) groups excluding carboxylic acids is 2. The molecule has 7 nitrogen and oxygen atoms in total. The number of fused-ring (bicyclic) bond motifs is 2. The van der Waals surface area contributed by atoms with Crippen LogP contribution in [0.3, 0.4) is 0 Å². The molecule has 4 rings (SSSR count). The van der Waals surface area contributed by atoms with Crippen molar-refractivity contribution in [2.24, 2.45) is 5.41 Å². The van der Waals surface area contributed by atoms with Crippen molar-refractivity contribution in [1.29, 1.82) is 0 Å². The molecule has 1 aromatic carbocycles. The first-order chi connectivity index (χ1) is 17.6. The van der Waals surface area contributed by atoms with E-state index in [-0.39, 0.29) is 35.9 Å². The topological polar surface area (TPSA) is 85.9 Å². The van der Waals surface area contributed by atoms with E-state index in [1.54, 1.807) is 20.8 Å². The van der Waals surface area contributed by atoms with Gasteiger partial charge in [-0.05, 0) is 88.8 Å². The van der Waals surface area contributed by atoms with Crippen LogP contribution in [0.4, 0.5) is 9.18 Å². The number of hydrogen-bond acceptors (Lipinski definition) is 5. The maximum Gasteiger partial charge on any atom is 0.407 e. The fourth-order valence-electron chi connectivity index (χ4n) is 6.08. The molecule has 37 heavy (non-hydrogen) atoms. The lowest BCUT2D eigenvalue weighted by atomic mass is 9.65. The van der Waals surface area contributed by atoms with Crippen molar-refractivity contribution in [3.8, 4) is 5.75 Å². The van der Waals surface area contributed by atoms with Gasteiger partial charge in [-0.25, -0.2) is 9.18 Å². The summed E-state index contributed by atoms with van der Waals surface area (Å²) in [5.74, 6) is 0.862. The molecule has 3 aliphatic rings. The molecule has 2 amide bonds.